The van der Waals surface area contributed by atoms with E-state index in [4.69, 9.17) is 4.74 Å². The second kappa shape index (κ2) is 1.57. The van der Waals surface area contributed by atoms with Crippen molar-refractivity contribution in [3.63, 3.8) is 0 Å². The molecule has 1 aliphatic rings. The lowest BCUT2D eigenvalue weighted by molar-refractivity contribution is 0.114. The second-order valence-corrected chi connectivity index (χ2v) is 2.02. The molecule has 0 radical (unpaired) electrons. The Morgan fingerprint density at radius 1 is 1.57 bits per heavy atom. The van der Waals surface area contributed by atoms with E-state index in [2.05, 4.69) is 13.8 Å². The Morgan fingerprint density at radius 2 is 2.14 bits per heavy atom. The van der Waals surface area contributed by atoms with Crippen molar-refractivity contribution in [3.05, 3.63) is 11.3 Å². The van der Waals surface area contributed by atoms with Crippen molar-refractivity contribution in [2.75, 3.05) is 6.61 Å². The van der Waals surface area contributed by atoms with Crippen LogP contribution in [0, 0.1) is 0 Å². The lowest BCUT2D eigenvalue weighted by Crippen LogP contribution is -2.09. The molecule has 0 atom stereocenters. The fraction of sp³-hybridized carbons (Fsp3) is 0.667. The fourth-order valence-electron chi connectivity index (χ4n) is 0.598. The Bertz CT molecular complexity index is 92.7. The first kappa shape index (κ1) is 4.69. The molecule has 1 nitrogen and oxygen atoms in total. The molecule has 7 heavy (non-hydrogen) atoms. The van der Waals surface area contributed by atoms with Gasteiger partial charge >= 0.3 is 0 Å². The smallest absolute Gasteiger partial charge is 0.0980 e. The summed E-state index contributed by atoms with van der Waals surface area (Å²) in [5.41, 5.74) is 1.33. The first-order valence-corrected chi connectivity index (χ1v) is 2.60. The van der Waals surface area contributed by atoms with Crippen LogP contribution in [0.4, 0.5) is 0 Å². The average Bonchev–Trinajstić information content (AvgIpc) is 1.23. The van der Waals surface area contributed by atoms with Crippen LogP contribution >= 0.6 is 0 Å². The van der Waals surface area contributed by atoms with E-state index in [1.54, 1.807) is 0 Å². The van der Waals surface area contributed by atoms with Gasteiger partial charge in [-0.15, -0.1) is 0 Å². The lowest BCUT2D eigenvalue weighted by Gasteiger charge is -2.20. The Kier molecular flexibility index (Phi) is 1.05. The van der Waals surface area contributed by atoms with Crippen LogP contribution in [0.1, 0.15) is 20.3 Å². The molecule has 0 bridgehead atoms. The van der Waals surface area contributed by atoms with Gasteiger partial charge in [-0.1, -0.05) is 0 Å². The molecule has 0 saturated carbocycles. The van der Waals surface area contributed by atoms with Crippen LogP contribution in [-0.4, -0.2) is 6.61 Å². The van der Waals surface area contributed by atoms with E-state index in [0.29, 0.717) is 0 Å². The monoisotopic (exact) mass is 98.1 g/mol. The molecule has 1 saturated heterocycles. The highest BCUT2D eigenvalue weighted by Gasteiger charge is 2.09. The lowest BCUT2D eigenvalue weighted by atomic mass is 10.2. The van der Waals surface area contributed by atoms with E-state index in [1.807, 2.05) is 0 Å². The molecule has 1 rings (SSSR count). The maximum absolute atomic E-state index is 5.07. The Hall–Kier alpha value is -0.460. The van der Waals surface area contributed by atoms with Crippen molar-refractivity contribution in [1.29, 1.82) is 0 Å². The zero-order chi connectivity index (χ0) is 5.28. The van der Waals surface area contributed by atoms with Crippen molar-refractivity contribution in [3.8, 4) is 0 Å². The Labute approximate surface area is 44.0 Å². The molecule has 0 aliphatic carbocycles. The van der Waals surface area contributed by atoms with Crippen LogP contribution in [0.25, 0.3) is 0 Å². The summed E-state index contributed by atoms with van der Waals surface area (Å²) in [6.45, 7) is 5.09. The molecule has 1 heterocycles. The van der Waals surface area contributed by atoms with Crippen molar-refractivity contribution in [1.82, 2.24) is 0 Å². The zero-order valence-electron chi connectivity index (χ0n) is 4.82. The third-order valence-corrected chi connectivity index (χ3v) is 1.16. The molecular weight excluding hydrogens is 88.1 g/mol. The highest BCUT2D eigenvalue weighted by molar-refractivity contribution is 5.06. The first-order valence-electron chi connectivity index (χ1n) is 2.60. The molecular formula is C6H10O. The molecule has 0 aromatic heterocycles. The van der Waals surface area contributed by atoms with Gasteiger partial charge in [-0.2, -0.15) is 0 Å². The largest absolute Gasteiger partial charge is 0.497 e. The van der Waals surface area contributed by atoms with Gasteiger partial charge in [-0.05, 0) is 19.4 Å². The molecule has 1 aliphatic heterocycles. The molecule has 40 valence electrons. The summed E-state index contributed by atoms with van der Waals surface area (Å²) in [5, 5.41) is 0. The molecule has 0 aromatic carbocycles. The maximum atomic E-state index is 5.07. The van der Waals surface area contributed by atoms with Gasteiger partial charge in [-0.3, -0.25) is 0 Å². The third kappa shape index (κ3) is 0.763. The van der Waals surface area contributed by atoms with Gasteiger partial charge in [0.15, 0.2) is 0 Å². The van der Waals surface area contributed by atoms with E-state index < -0.39 is 0 Å². The molecule has 0 N–H and O–H groups in total. The van der Waals surface area contributed by atoms with Crippen LogP contribution in [0.5, 0.6) is 0 Å². The Morgan fingerprint density at radius 3 is 2.14 bits per heavy atom. The van der Waals surface area contributed by atoms with Gasteiger partial charge in [0.1, 0.15) is 0 Å². The number of hydrogen-bond acceptors (Lipinski definition) is 1. The summed E-state index contributed by atoms with van der Waals surface area (Å²) >= 11 is 0. The minimum Gasteiger partial charge on any atom is -0.497 e. The number of ether oxygens (including phenoxy) is 1. The quantitative estimate of drug-likeness (QED) is 0.448. The summed E-state index contributed by atoms with van der Waals surface area (Å²) in [5.74, 6) is 1.19. The predicted octanol–water partition coefficient (Wildman–Crippen LogP) is 1.70. The van der Waals surface area contributed by atoms with Crippen LogP contribution in [-0.2, 0) is 4.74 Å². The molecule has 0 amide bonds. The number of rotatable bonds is 0. The topological polar surface area (TPSA) is 9.23 Å². The summed E-state index contributed by atoms with van der Waals surface area (Å²) in [6, 6.07) is 0. The van der Waals surface area contributed by atoms with Crippen molar-refractivity contribution < 1.29 is 4.74 Å². The molecule has 1 fully saturated rings. The molecule has 0 spiro atoms. The molecule has 1 heteroatoms. The summed E-state index contributed by atoms with van der Waals surface area (Å²) in [6.07, 6.45) is 1.16. The van der Waals surface area contributed by atoms with Gasteiger partial charge in [0.2, 0.25) is 0 Å². The zero-order valence-corrected chi connectivity index (χ0v) is 4.82. The predicted molar refractivity (Wildman–Crippen MR) is 28.9 cm³/mol. The minimum atomic E-state index is 0.931. The first-order chi connectivity index (χ1) is 3.30. The van der Waals surface area contributed by atoms with E-state index in [1.165, 1.54) is 11.3 Å². The van der Waals surface area contributed by atoms with Crippen molar-refractivity contribution >= 4 is 0 Å². The highest BCUT2D eigenvalue weighted by atomic mass is 16.5. The van der Waals surface area contributed by atoms with Crippen LogP contribution in [0.15, 0.2) is 11.3 Å². The van der Waals surface area contributed by atoms with Gasteiger partial charge in [-0.25, -0.2) is 0 Å². The van der Waals surface area contributed by atoms with E-state index in [-0.39, 0.29) is 0 Å². The van der Waals surface area contributed by atoms with Gasteiger partial charge < -0.3 is 4.74 Å². The van der Waals surface area contributed by atoms with Gasteiger partial charge in [0.05, 0.1) is 12.4 Å². The van der Waals surface area contributed by atoms with Gasteiger partial charge in [0.25, 0.3) is 0 Å². The maximum Gasteiger partial charge on any atom is 0.0980 e. The average molecular weight is 98.1 g/mol. The van der Waals surface area contributed by atoms with E-state index in [0.717, 1.165) is 13.0 Å². The van der Waals surface area contributed by atoms with Crippen LogP contribution in [0.2, 0.25) is 0 Å². The Balaban J connectivity index is 2.52. The number of allylic oxidation sites excluding steroid dienone is 1. The molecule has 0 aromatic rings. The van der Waals surface area contributed by atoms with E-state index >= 15 is 0 Å². The summed E-state index contributed by atoms with van der Waals surface area (Å²) in [4.78, 5) is 0. The standard InChI is InChI=1S/C6H10O/c1-5(2)6-3-4-7-6/h3-4H2,1-2H3. The van der Waals surface area contributed by atoms with Crippen molar-refractivity contribution in [2.45, 2.75) is 20.3 Å². The summed E-state index contributed by atoms with van der Waals surface area (Å²) < 4.78 is 5.07. The molecule has 0 unspecified atom stereocenters. The van der Waals surface area contributed by atoms with E-state index in [9.17, 15) is 0 Å². The van der Waals surface area contributed by atoms with Crippen molar-refractivity contribution in [2.24, 2.45) is 0 Å². The van der Waals surface area contributed by atoms with Crippen LogP contribution < -0.4 is 0 Å². The normalized spacial score (nSPS) is 17.7. The van der Waals surface area contributed by atoms with Gasteiger partial charge in [0, 0.05) is 6.42 Å². The third-order valence-electron chi connectivity index (χ3n) is 1.16. The minimum absolute atomic E-state index is 0.931. The highest BCUT2D eigenvalue weighted by Crippen LogP contribution is 2.18. The summed E-state index contributed by atoms with van der Waals surface area (Å²) in [7, 11) is 0. The second-order valence-electron chi connectivity index (χ2n) is 2.02. The van der Waals surface area contributed by atoms with Crippen LogP contribution in [0.3, 0.4) is 0 Å². The fourth-order valence-corrected chi connectivity index (χ4v) is 0.598. The SMILES string of the molecule is CC(C)=C1CCO1. The number of hydrogen-bond donors (Lipinski definition) is 0.